The van der Waals surface area contributed by atoms with Crippen LogP contribution in [-0.4, -0.2) is 49.9 Å². The maximum Gasteiger partial charge on any atom is 0.254 e. The van der Waals surface area contributed by atoms with Gasteiger partial charge in [-0.15, -0.1) is 0 Å². The van der Waals surface area contributed by atoms with Crippen molar-refractivity contribution in [2.75, 3.05) is 34.2 Å². The number of likely N-dealkylation sites (N-methyl/N-ethyl adjacent to an activating group) is 2. The van der Waals surface area contributed by atoms with Gasteiger partial charge in [-0.3, -0.25) is 4.79 Å². The minimum atomic E-state index is 0.0530. The highest BCUT2D eigenvalue weighted by molar-refractivity contribution is 14.1. The molecule has 0 spiro atoms. The van der Waals surface area contributed by atoms with E-state index in [-0.39, 0.29) is 5.91 Å². The molecule has 0 fully saturated rings. The Hall–Kier alpha value is -0.140. The van der Waals surface area contributed by atoms with Crippen molar-refractivity contribution in [3.05, 3.63) is 31.8 Å². The third-order valence-electron chi connectivity index (χ3n) is 2.39. The van der Waals surface area contributed by atoms with Crippen molar-refractivity contribution in [2.45, 2.75) is 0 Å². The van der Waals surface area contributed by atoms with Gasteiger partial charge in [-0.05, 0) is 70.8 Å². The summed E-state index contributed by atoms with van der Waals surface area (Å²) in [6, 6.07) is 5.79. The summed E-state index contributed by atoms with van der Waals surface area (Å²) in [6.45, 7) is 1.59. The van der Waals surface area contributed by atoms with Crippen molar-refractivity contribution in [3.63, 3.8) is 0 Å². The van der Waals surface area contributed by atoms with Crippen molar-refractivity contribution in [2.24, 2.45) is 0 Å². The number of benzene rings is 1. The molecule has 0 aliphatic heterocycles. The van der Waals surface area contributed by atoms with E-state index in [1.807, 2.05) is 39.3 Å². The zero-order valence-corrected chi connectivity index (χ0v) is 13.9. The Morgan fingerprint density at radius 2 is 1.94 bits per heavy atom. The molecule has 0 N–H and O–H groups in total. The molecule has 3 nitrogen and oxygen atoms in total. The molecular weight excluding hydrogens is 395 g/mol. The summed E-state index contributed by atoms with van der Waals surface area (Å²) in [6.07, 6.45) is 0. The number of rotatable bonds is 4. The molecule has 0 bridgehead atoms. The molecule has 1 aromatic carbocycles. The average molecular weight is 411 g/mol. The molecule has 17 heavy (non-hydrogen) atoms. The summed E-state index contributed by atoms with van der Waals surface area (Å²) < 4.78 is 1.91. The molecular formula is C12H16BrIN2O. The number of hydrogen-bond acceptors (Lipinski definition) is 2. The molecule has 1 rings (SSSR count). The van der Waals surface area contributed by atoms with Gasteiger partial charge in [0.25, 0.3) is 5.91 Å². The lowest BCUT2D eigenvalue weighted by atomic mass is 10.2. The quantitative estimate of drug-likeness (QED) is 0.712. The van der Waals surface area contributed by atoms with Gasteiger partial charge in [-0.25, -0.2) is 0 Å². The van der Waals surface area contributed by atoms with Gasteiger partial charge in [-0.1, -0.05) is 0 Å². The minimum Gasteiger partial charge on any atom is -0.340 e. The molecule has 0 atom stereocenters. The molecule has 5 heteroatoms. The lowest BCUT2D eigenvalue weighted by Gasteiger charge is -2.20. The predicted molar refractivity (Wildman–Crippen MR) is 82.4 cm³/mol. The first-order valence-corrected chi connectivity index (χ1v) is 7.14. The zero-order valence-electron chi connectivity index (χ0n) is 10.2. The van der Waals surface area contributed by atoms with Crippen LogP contribution >= 0.6 is 38.5 Å². The number of hydrogen-bond donors (Lipinski definition) is 0. The molecule has 0 heterocycles. The summed E-state index contributed by atoms with van der Waals surface area (Å²) in [5.41, 5.74) is 0.721. The third-order valence-corrected chi connectivity index (χ3v) is 3.75. The first-order chi connectivity index (χ1) is 7.91. The van der Waals surface area contributed by atoms with E-state index >= 15 is 0 Å². The Morgan fingerprint density at radius 1 is 1.29 bits per heavy atom. The van der Waals surface area contributed by atoms with E-state index in [1.54, 1.807) is 4.90 Å². The Labute approximate surface area is 124 Å². The van der Waals surface area contributed by atoms with Crippen LogP contribution in [0.1, 0.15) is 10.4 Å². The Kier molecular flexibility index (Phi) is 5.88. The second-order valence-electron chi connectivity index (χ2n) is 4.15. The van der Waals surface area contributed by atoms with E-state index in [1.165, 1.54) is 0 Å². The second-order valence-corrected chi connectivity index (χ2v) is 6.25. The van der Waals surface area contributed by atoms with E-state index in [4.69, 9.17) is 0 Å². The summed E-state index contributed by atoms with van der Waals surface area (Å²) in [7, 11) is 5.83. The van der Waals surface area contributed by atoms with Crippen LogP contribution in [0, 0.1) is 3.57 Å². The number of amides is 1. The lowest BCUT2D eigenvalue weighted by Crippen LogP contribution is -2.33. The number of carbonyl (C=O) groups excluding carboxylic acids is 1. The largest absolute Gasteiger partial charge is 0.340 e. The summed E-state index contributed by atoms with van der Waals surface area (Å²) >= 11 is 5.63. The molecule has 0 aliphatic carbocycles. The topological polar surface area (TPSA) is 23.6 Å². The van der Waals surface area contributed by atoms with Crippen molar-refractivity contribution in [1.29, 1.82) is 0 Å². The van der Waals surface area contributed by atoms with Crippen LogP contribution in [0.4, 0.5) is 0 Å². The number of halogens is 2. The molecule has 0 radical (unpaired) electrons. The van der Waals surface area contributed by atoms with Crippen LogP contribution in [0.5, 0.6) is 0 Å². The Morgan fingerprint density at radius 3 is 2.53 bits per heavy atom. The van der Waals surface area contributed by atoms with E-state index in [9.17, 15) is 4.79 Å². The van der Waals surface area contributed by atoms with Crippen molar-refractivity contribution in [3.8, 4) is 0 Å². The molecule has 0 aromatic heterocycles. The van der Waals surface area contributed by atoms with Crippen molar-refractivity contribution >= 4 is 44.4 Å². The van der Waals surface area contributed by atoms with Gasteiger partial charge < -0.3 is 9.80 Å². The van der Waals surface area contributed by atoms with Gasteiger partial charge >= 0.3 is 0 Å². The molecule has 0 saturated carbocycles. The number of nitrogens with zero attached hydrogens (tertiary/aromatic N) is 2. The fourth-order valence-electron chi connectivity index (χ4n) is 1.32. The average Bonchev–Trinajstić information content (AvgIpc) is 2.28. The van der Waals surface area contributed by atoms with Gasteiger partial charge in [0.15, 0.2) is 0 Å². The van der Waals surface area contributed by atoms with Gasteiger partial charge in [-0.2, -0.15) is 0 Å². The fourth-order valence-corrected chi connectivity index (χ4v) is 2.23. The molecule has 0 aliphatic rings. The third kappa shape index (κ3) is 4.56. The molecule has 94 valence electrons. The van der Waals surface area contributed by atoms with E-state index in [0.717, 1.165) is 26.7 Å². The fraction of sp³-hybridized carbons (Fsp3) is 0.417. The predicted octanol–water partition coefficient (Wildman–Crippen LogP) is 2.69. The molecule has 0 unspecified atom stereocenters. The standard InChI is InChI=1S/C12H16BrIN2O/c1-15(2)6-7-16(3)12(17)10-8-9(14)4-5-11(10)13/h4-5,8H,6-7H2,1-3H3. The van der Waals surface area contributed by atoms with Gasteiger partial charge in [0, 0.05) is 28.2 Å². The van der Waals surface area contributed by atoms with Crippen LogP contribution in [-0.2, 0) is 0 Å². The van der Waals surface area contributed by atoms with E-state index in [2.05, 4.69) is 43.4 Å². The Bertz CT molecular complexity index is 409. The highest BCUT2D eigenvalue weighted by atomic mass is 127. The second kappa shape index (κ2) is 6.70. The van der Waals surface area contributed by atoms with E-state index < -0.39 is 0 Å². The van der Waals surface area contributed by atoms with Gasteiger partial charge in [0.2, 0.25) is 0 Å². The van der Waals surface area contributed by atoms with Crippen LogP contribution < -0.4 is 0 Å². The maximum atomic E-state index is 12.2. The molecule has 1 amide bonds. The van der Waals surface area contributed by atoms with Crippen LogP contribution in [0.2, 0.25) is 0 Å². The highest BCUT2D eigenvalue weighted by Crippen LogP contribution is 2.20. The summed E-state index contributed by atoms with van der Waals surface area (Å²) in [4.78, 5) is 16.0. The molecule has 1 aromatic rings. The smallest absolute Gasteiger partial charge is 0.254 e. The first kappa shape index (κ1) is 14.9. The lowest BCUT2D eigenvalue weighted by molar-refractivity contribution is 0.0785. The zero-order chi connectivity index (χ0) is 13.0. The van der Waals surface area contributed by atoms with Crippen LogP contribution in [0.25, 0.3) is 0 Å². The van der Waals surface area contributed by atoms with E-state index in [0.29, 0.717) is 0 Å². The minimum absolute atomic E-state index is 0.0530. The monoisotopic (exact) mass is 410 g/mol. The van der Waals surface area contributed by atoms with Crippen molar-refractivity contribution < 1.29 is 4.79 Å². The normalized spacial score (nSPS) is 10.7. The van der Waals surface area contributed by atoms with Crippen molar-refractivity contribution in [1.82, 2.24) is 9.80 Å². The van der Waals surface area contributed by atoms with Gasteiger partial charge in [0.05, 0.1) is 5.56 Å². The summed E-state index contributed by atoms with van der Waals surface area (Å²) in [5, 5.41) is 0. The van der Waals surface area contributed by atoms with Crippen LogP contribution in [0.3, 0.4) is 0 Å². The first-order valence-electron chi connectivity index (χ1n) is 5.27. The summed E-state index contributed by atoms with van der Waals surface area (Å²) in [5.74, 6) is 0.0530. The maximum absolute atomic E-state index is 12.2. The number of carbonyl (C=O) groups is 1. The van der Waals surface area contributed by atoms with Gasteiger partial charge in [0.1, 0.15) is 0 Å². The Balaban J connectivity index is 2.78. The highest BCUT2D eigenvalue weighted by Gasteiger charge is 2.15. The van der Waals surface area contributed by atoms with Crippen LogP contribution in [0.15, 0.2) is 22.7 Å². The SMILES string of the molecule is CN(C)CCN(C)C(=O)c1cc(I)ccc1Br. The molecule has 0 saturated heterocycles.